The first-order valence-electron chi connectivity index (χ1n) is 5.14. The van der Waals surface area contributed by atoms with Crippen molar-refractivity contribution in [1.82, 2.24) is 10.3 Å². The number of hydrogen-bond acceptors (Lipinski definition) is 4. The van der Waals surface area contributed by atoms with Crippen molar-refractivity contribution in [1.29, 1.82) is 0 Å². The monoisotopic (exact) mass is 296 g/mol. The van der Waals surface area contributed by atoms with Gasteiger partial charge < -0.3 is 10.4 Å². The lowest BCUT2D eigenvalue weighted by atomic mass is 10.2. The number of amides is 1. The number of carbonyl (C=O) groups excluding carboxylic acids is 1. The van der Waals surface area contributed by atoms with Crippen molar-refractivity contribution >= 4 is 23.2 Å². The Morgan fingerprint density at radius 3 is 2.37 bits per heavy atom. The Labute approximate surface area is 110 Å². The average Bonchev–Trinajstić information content (AvgIpc) is 2.54. The molecule has 106 valence electrons. The van der Waals surface area contributed by atoms with Crippen LogP contribution in [0.3, 0.4) is 0 Å². The number of nitrogens with zero attached hydrogens (tertiary/aromatic N) is 1. The summed E-state index contributed by atoms with van der Waals surface area (Å²) < 4.78 is 36.5. The lowest BCUT2D eigenvalue weighted by Gasteiger charge is -2.15. The summed E-state index contributed by atoms with van der Waals surface area (Å²) in [5.41, 5.74) is 0.358. The molecule has 1 aromatic rings. The molecule has 1 rings (SSSR count). The summed E-state index contributed by atoms with van der Waals surface area (Å²) in [6, 6.07) is -2.01. The van der Waals surface area contributed by atoms with Crippen LogP contribution in [0, 0.1) is 13.8 Å². The van der Waals surface area contributed by atoms with Crippen molar-refractivity contribution in [3.8, 4) is 0 Å². The fraction of sp³-hybridized carbons (Fsp3) is 0.500. The van der Waals surface area contributed by atoms with Gasteiger partial charge in [0.2, 0.25) is 0 Å². The van der Waals surface area contributed by atoms with E-state index in [0.29, 0.717) is 10.7 Å². The van der Waals surface area contributed by atoms with Crippen LogP contribution >= 0.6 is 11.3 Å². The molecule has 0 saturated carbocycles. The molecule has 0 aliphatic rings. The van der Waals surface area contributed by atoms with Crippen molar-refractivity contribution in [3.63, 3.8) is 0 Å². The van der Waals surface area contributed by atoms with Gasteiger partial charge in [-0.1, -0.05) is 0 Å². The summed E-state index contributed by atoms with van der Waals surface area (Å²) in [6.45, 7) is 3.16. The fourth-order valence-electron chi connectivity index (χ4n) is 1.40. The minimum absolute atomic E-state index is 0.117. The number of carboxylic acid groups (broad SMARTS) is 1. The van der Waals surface area contributed by atoms with Crippen LogP contribution in [0.4, 0.5) is 13.2 Å². The summed E-state index contributed by atoms with van der Waals surface area (Å²) in [7, 11) is 0. The highest BCUT2D eigenvalue weighted by atomic mass is 32.1. The maximum Gasteiger partial charge on any atom is 0.391 e. The zero-order chi connectivity index (χ0) is 14.8. The second-order valence-corrected chi connectivity index (χ2v) is 5.03. The lowest BCUT2D eigenvalue weighted by molar-refractivity contribution is -0.157. The first kappa shape index (κ1) is 15.4. The number of carboxylic acids is 1. The summed E-state index contributed by atoms with van der Waals surface area (Å²) in [5.74, 6) is -2.59. The third-order valence-electron chi connectivity index (χ3n) is 2.15. The zero-order valence-electron chi connectivity index (χ0n) is 10.0. The molecule has 1 atom stereocenters. The van der Waals surface area contributed by atoms with Gasteiger partial charge in [-0.25, -0.2) is 9.78 Å². The number of halogens is 3. The van der Waals surface area contributed by atoms with Crippen molar-refractivity contribution in [2.24, 2.45) is 0 Å². The normalized spacial score (nSPS) is 13.1. The highest BCUT2D eigenvalue weighted by Gasteiger charge is 2.36. The molecule has 5 nitrogen and oxygen atoms in total. The number of aliphatic carboxylic acids is 1. The molecule has 1 amide bonds. The number of nitrogens with one attached hydrogen (secondary N) is 1. The van der Waals surface area contributed by atoms with Gasteiger partial charge in [-0.3, -0.25) is 4.79 Å². The third kappa shape index (κ3) is 4.51. The maximum absolute atomic E-state index is 12.2. The predicted molar refractivity (Wildman–Crippen MR) is 61.2 cm³/mol. The van der Waals surface area contributed by atoms with Crippen LogP contribution in [-0.2, 0) is 4.79 Å². The van der Waals surface area contributed by atoms with Gasteiger partial charge in [0, 0.05) is 0 Å². The van der Waals surface area contributed by atoms with Gasteiger partial charge in [0.25, 0.3) is 5.91 Å². The molecule has 0 fully saturated rings. The second kappa shape index (κ2) is 5.55. The first-order chi connectivity index (χ1) is 8.60. The van der Waals surface area contributed by atoms with Gasteiger partial charge in [0.1, 0.15) is 10.9 Å². The number of alkyl halides is 3. The van der Waals surface area contributed by atoms with Crippen LogP contribution in [0.1, 0.15) is 26.8 Å². The van der Waals surface area contributed by atoms with E-state index in [0.717, 1.165) is 11.3 Å². The first-order valence-corrected chi connectivity index (χ1v) is 5.96. The number of carbonyl (C=O) groups is 2. The van der Waals surface area contributed by atoms with E-state index < -0.39 is 30.5 Å². The minimum atomic E-state index is -4.67. The standard InChI is InChI=1S/C10H11F3N2O3S/c1-4-7(19-5(2)14-4)8(16)15-6(9(17)18)3-10(11,12)13/h6H,3H2,1-2H3,(H,15,16)(H,17,18). The van der Waals surface area contributed by atoms with Crippen LogP contribution in [-0.4, -0.2) is 34.2 Å². The highest BCUT2D eigenvalue weighted by Crippen LogP contribution is 2.22. The van der Waals surface area contributed by atoms with Crippen LogP contribution in [0.2, 0.25) is 0 Å². The van der Waals surface area contributed by atoms with Gasteiger partial charge >= 0.3 is 12.1 Å². The number of hydrogen-bond donors (Lipinski definition) is 2. The number of rotatable bonds is 4. The second-order valence-electron chi connectivity index (χ2n) is 3.83. The fourth-order valence-corrected chi connectivity index (χ4v) is 2.22. The van der Waals surface area contributed by atoms with Gasteiger partial charge in [0.05, 0.1) is 17.1 Å². The Morgan fingerprint density at radius 2 is 2.00 bits per heavy atom. The average molecular weight is 296 g/mol. The van der Waals surface area contributed by atoms with Gasteiger partial charge in [-0.05, 0) is 13.8 Å². The Hall–Kier alpha value is -1.64. The highest BCUT2D eigenvalue weighted by molar-refractivity contribution is 7.13. The maximum atomic E-state index is 12.2. The van der Waals surface area contributed by atoms with Gasteiger partial charge in [0.15, 0.2) is 0 Å². The molecular weight excluding hydrogens is 285 g/mol. The smallest absolute Gasteiger partial charge is 0.391 e. The van der Waals surface area contributed by atoms with E-state index in [2.05, 4.69) is 4.98 Å². The zero-order valence-corrected chi connectivity index (χ0v) is 10.9. The Bertz CT molecular complexity index is 499. The number of aryl methyl sites for hydroxylation is 2. The van der Waals surface area contributed by atoms with E-state index >= 15 is 0 Å². The van der Waals surface area contributed by atoms with Crippen molar-refractivity contribution in [2.75, 3.05) is 0 Å². The van der Waals surface area contributed by atoms with Crippen LogP contribution in [0.5, 0.6) is 0 Å². The topological polar surface area (TPSA) is 79.3 Å². The van der Waals surface area contributed by atoms with Crippen molar-refractivity contribution in [3.05, 3.63) is 15.6 Å². The molecular formula is C10H11F3N2O3S. The van der Waals surface area contributed by atoms with Crippen LogP contribution in [0.25, 0.3) is 0 Å². The molecule has 1 unspecified atom stereocenters. The minimum Gasteiger partial charge on any atom is -0.480 e. The number of thiazole rings is 1. The molecule has 0 aliphatic carbocycles. The van der Waals surface area contributed by atoms with Crippen LogP contribution < -0.4 is 5.32 Å². The number of aromatic nitrogens is 1. The molecule has 1 aromatic heterocycles. The molecule has 0 spiro atoms. The van der Waals surface area contributed by atoms with E-state index in [1.54, 1.807) is 6.92 Å². The van der Waals surface area contributed by atoms with E-state index in [9.17, 15) is 22.8 Å². The van der Waals surface area contributed by atoms with E-state index in [-0.39, 0.29) is 4.88 Å². The summed E-state index contributed by atoms with van der Waals surface area (Å²) >= 11 is 0.997. The quantitative estimate of drug-likeness (QED) is 0.889. The molecule has 0 bridgehead atoms. The SMILES string of the molecule is Cc1nc(C)c(C(=O)NC(CC(F)(F)F)C(=O)O)s1. The van der Waals surface area contributed by atoms with Crippen molar-refractivity contribution in [2.45, 2.75) is 32.5 Å². The van der Waals surface area contributed by atoms with Crippen molar-refractivity contribution < 1.29 is 27.9 Å². The van der Waals surface area contributed by atoms with E-state index in [1.165, 1.54) is 6.92 Å². The summed E-state index contributed by atoms with van der Waals surface area (Å²) in [5, 5.41) is 11.1. The summed E-state index contributed by atoms with van der Waals surface area (Å²) in [4.78, 5) is 26.5. The van der Waals surface area contributed by atoms with E-state index in [1.807, 2.05) is 5.32 Å². The molecule has 2 N–H and O–H groups in total. The molecule has 9 heteroatoms. The van der Waals surface area contributed by atoms with E-state index in [4.69, 9.17) is 5.11 Å². The molecule has 0 radical (unpaired) electrons. The van der Waals surface area contributed by atoms with Gasteiger partial charge in [-0.15, -0.1) is 11.3 Å². The van der Waals surface area contributed by atoms with Gasteiger partial charge in [-0.2, -0.15) is 13.2 Å². The molecule has 19 heavy (non-hydrogen) atoms. The van der Waals surface area contributed by atoms with Crippen LogP contribution in [0.15, 0.2) is 0 Å². The molecule has 0 aromatic carbocycles. The predicted octanol–water partition coefficient (Wildman–Crippen LogP) is 1.90. The lowest BCUT2D eigenvalue weighted by Crippen LogP contribution is -2.43. The largest absolute Gasteiger partial charge is 0.480 e. The molecule has 0 aliphatic heterocycles. The molecule has 1 heterocycles. The third-order valence-corrected chi connectivity index (χ3v) is 3.22. The summed E-state index contributed by atoms with van der Waals surface area (Å²) in [6.07, 6.45) is -6.29. The Balaban J connectivity index is 2.83. The Kier molecular flexibility index (Phi) is 4.51. The molecule has 0 saturated heterocycles. The Morgan fingerprint density at radius 1 is 1.42 bits per heavy atom.